The highest BCUT2D eigenvalue weighted by molar-refractivity contribution is 9.10. The topological polar surface area (TPSA) is 44.5 Å². The van der Waals surface area contributed by atoms with Crippen LogP contribution in [0.4, 0.5) is 8.78 Å². The van der Waals surface area contributed by atoms with Crippen LogP contribution in [0.15, 0.2) is 34.8 Å². The lowest BCUT2D eigenvalue weighted by molar-refractivity contribution is 0.514. The predicted octanol–water partition coefficient (Wildman–Crippen LogP) is 4.60. The largest absolute Gasteiger partial charge is 0.330 e. The van der Waals surface area contributed by atoms with Crippen LogP contribution in [-0.4, -0.2) is 9.55 Å². The fraction of sp³-hybridized carbons (Fsp3) is 0. The normalized spacial score (nSPS) is 10.8. The third-order valence-corrected chi connectivity index (χ3v) is 3.84. The molecule has 3 rings (SSSR count). The number of H-pyrrole nitrogens is 1. The summed E-state index contributed by atoms with van der Waals surface area (Å²) in [6.45, 7) is 0. The number of rotatable bonds is 1. The monoisotopic (exact) mass is 365 g/mol. The van der Waals surface area contributed by atoms with E-state index in [-0.39, 0.29) is 10.3 Å². The zero-order valence-electron chi connectivity index (χ0n) is 10.3. The second-order valence-electron chi connectivity index (χ2n) is 4.30. The van der Waals surface area contributed by atoms with Crippen molar-refractivity contribution in [2.45, 2.75) is 0 Å². The van der Waals surface area contributed by atoms with Gasteiger partial charge in [-0.25, -0.2) is 8.78 Å². The van der Waals surface area contributed by atoms with Crippen LogP contribution < -0.4 is 0 Å². The molecule has 104 valence electrons. The number of halogens is 3. The fourth-order valence-electron chi connectivity index (χ4n) is 2.15. The Morgan fingerprint density at radius 1 is 1.24 bits per heavy atom. The Morgan fingerprint density at radius 3 is 2.71 bits per heavy atom. The molecule has 0 unspecified atom stereocenters. The molecule has 0 radical (unpaired) electrons. The quantitative estimate of drug-likeness (QED) is 0.640. The van der Waals surface area contributed by atoms with Gasteiger partial charge in [0.15, 0.2) is 16.4 Å². The van der Waals surface area contributed by atoms with Gasteiger partial charge in [0.25, 0.3) is 0 Å². The molecule has 0 saturated heterocycles. The van der Waals surface area contributed by atoms with Gasteiger partial charge in [-0.1, -0.05) is 15.9 Å². The van der Waals surface area contributed by atoms with Gasteiger partial charge >= 0.3 is 0 Å². The maximum Gasteiger partial charge on any atom is 0.184 e. The Labute approximate surface area is 131 Å². The second-order valence-corrected chi connectivity index (χ2v) is 5.60. The minimum atomic E-state index is -1.01. The molecule has 0 fully saturated rings. The van der Waals surface area contributed by atoms with Crippen molar-refractivity contribution < 1.29 is 8.78 Å². The maximum absolute atomic E-state index is 14.1. The first kappa shape index (κ1) is 13.9. The molecule has 0 spiro atoms. The molecular formula is C14H6BrF2N3S. The summed E-state index contributed by atoms with van der Waals surface area (Å²) in [5, 5.41) is 9.23. The van der Waals surface area contributed by atoms with Gasteiger partial charge in [-0.2, -0.15) is 5.26 Å². The summed E-state index contributed by atoms with van der Waals surface area (Å²) in [6, 6.07) is 9.37. The molecule has 1 N–H and O–H groups in total. The highest BCUT2D eigenvalue weighted by Crippen LogP contribution is 2.27. The van der Waals surface area contributed by atoms with Crippen molar-refractivity contribution >= 4 is 39.2 Å². The molecule has 0 saturated carbocycles. The zero-order valence-corrected chi connectivity index (χ0v) is 12.7. The molecule has 1 heterocycles. The first-order valence-corrected chi connectivity index (χ1v) is 7.02. The van der Waals surface area contributed by atoms with Crippen LogP contribution >= 0.6 is 28.1 Å². The van der Waals surface area contributed by atoms with Crippen LogP contribution in [0, 0.1) is 27.7 Å². The number of nitriles is 1. The van der Waals surface area contributed by atoms with Gasteiger partial charge in [-0.3, -0.25) is 4.57 Å². The van der Waals surface area contributed by atoms with Gasteiger partial charge < -0.3 is 4.98 Å². The Hall–Kier alpha value is -2.04. The standard InChI is InChI=1S/C14H6BrF2N3S/c15-8-1-4-11(7(5-8)6-18)20-13-10(19-14(20)21)3-2-9(16)12(13)17/h1-5H,(H,19,21). The van der Waals surface area contributed by atoms with Crippen molar-refractivity contribution in [2.75, 3.05) is 0 Å². The molecule has 3 aromatic rings. The van der Waals surface area contributed by atoms with E-state index in [0.717, 1.165) is 6.07 Å². The third-order valence-electron chi connectivity index (χ3n) is 3.06. The summed E-state index contributed by atoms with van der Waals surface area (Å²) < 4.78 is 29.8. The summed E-state index contributed by atoms with van der Waals surface area (Å²) in [7, 11) is 0. The second kappa shape index (κ2) is 5.06. The Balaban J connectivity index is 2.47. The number of fused-ring (bicyclic) bond motifs is 1. The van der Waals surface area contributed by atoms with E-state index in [0.29, 0.717) is 21.2 Å². The minimum absolute atomic E-state index is 0.0150. The fourth-order valence-corrected chi connectivity index (χ4v) is 2.82. The molecule has 0 aliphatic heterocycles. The summed E-state index contributed by atoms with van der Waals surface area (Å²) >= 11 is 8.44. The lowest BCUT2D eigenvalue weighted by Crippen LogP contribution is -2.00. The van der Waals surface area contributed by atoms with E-state index >= 15 is 0 Å². The Bertz CT molecular complexity index is 969. The van der Waals surface area contributed by atoms with Crippen molar-refractivity contribution in [3.63, 3.8) is 0 Å². The zero-order chi connectivity index (χ0) is 15.1. The number of aromatic nitrogens is 2. The average molecular weight is 366 g/mol. The highest BCUT2D eigenvalue weighted by atomic mass is 79.9. The van der Waals surface area contributed by atoms with Crippen molar-refractivity contribution in [1.29, 1.82) is 5.26 Å². The molecular weight excluding hydrogens is 360 g/mol. The minimum Gasteiger partial charge on any atom is -0.330 e. The van der Waals surface area contributed by atoms with Gasteiger partial charge in [0, 0.05) is 4.47 Å². The SMILES string of the molecule is N#Cc1cc(Br)ccc1-n1c(=S)[nH]c2ccc(F)c(F)c21. The number of imidazole rings is 1. The molecule has 3 nitrogen and oxygen atoms in total. The van der Waals surface area contributed by atoms with E-state index in [2.05, 4.69) is 20.9 Å². The van der Waals surface area contributed by atoms with Crippen LogP contribution in [-0.2, 0) is 0 Å². The van der Waals surface area contributed by atoms with Crippen molar-refractivity contribution in [3.05, 3.63) is 56.8 Å². The van der Waals surface area contributed by atoms with Crippen molar-refractivity contribution in [3.8, 4) is 11.8 Å². The van der Waals surface area contributed by atoms with E-state index in [4.69, 9.17) is 12.2 Å². The molecule has 0 aliphatic rings. The summed E-state index contributed by atoms with van der Waals surface area (Å²) in [4.78, 5) is 2.81. The summed E-state index contributed by atoms with van der Waals surface area (Å²) in [6.07, 6.45) is 0. The molecule has 2 aromatic carbocycles. The molecule has 0 amide bonds. The number of hydrogen-bond donors (Lipinski definition) is 1. The first-order valence-electron chi connectivity index (χ1n) is 5.81. The highest BCUT2D eigenvalue weighted by Gasteiger charge is 2.17. The number of nitrogens with zero attached hydrogens (tertiary/aromatic N) is 2. The van der Waals surface area contributed by atoms with Crippen LogP contribution in [0.3, 0.4) is 0 Å². The maximum atomic E-state index is 14.1. The van der Waals surface area contributed by atoms with Gasteiger partial charge in [0.05, 0.1) is 16.8 Å². The van der Waals surface area contributed by atoms with E-state index in [1.54, 1.807) is 18.2 Å². The number of nitrogens with one attached hydrogen (secondary N) is 1. The van der Waals surface area contributed by atoms with Gasteiger partial charge in [-0.05, 0) is 42.5 Å². The number of aromatic amines is 1. The lowest BCUT2D eigenvalue weighted by atomic mass is 10.2. The van der Waals surface area contributed by atoms with E-state index in [1.807, 2.05) is 6.07 Å². The van der Waals surface area contributed by atoms with Gasteiger partial charge in [0.1, 0.15) is 11.6 Å². The molecule has 0 bridgehead atoms. The molecule has 21 heavy (non-hydrogen) atoms. The van der Waals surface area contributed by atoms with Crippen LogP contribution in [0.1, 0.15) is 5.56 Å². The summed E-state index contributed by atoms with van der Waals surface area (Å²) in [5.74, 6) is -1.98. The molecule has 0 atom stereocenters. The summed E-state index contributed by atoms with van der Waals surface area (Å²) in [5.41, 5.74) is 1.04. The van der Waals surface area contributed by atoms with Crippen LogP contribution in [0.2, 0.25) is 0 Å². The molecule has 0 aliphatic carbocycles. The third kappa shape index (κ3) is 2.17. The molecule has 1 aromatic heterocycles. The van der Waals surface area contributed by atoms with E-state index in [1.165, 1.54) is 10.6 Å². The first-order chi connectivity index (χ1) is 10.0. The van der Waals surface area contributed by atoms with Gasteiger partial charge in [-0.15, -0.1) is 0 Å². The number of benzene rings is 2. The van der Waals surface area contributed by atoms with Gasteiger partial charge in [0.2, 0.25) is 0 Å². The van der Waals surface area contributed by atoms with E-state index < -0.39 is 11.6 Å². The Morgan fingerprint density at radius 2 is 2.00 bits per heavy atom. The van der Waals surface area contributed by atoms with Crippen LogP contribution in [0.5, 0.6) is 0 Å². The molecule has 7 heteroatoms. The predicted molar refractivity (Wildman–Crippen MR) is 80.8 cm³/mol. The van der Waals surface area contributed by atoms with Crippen molar-refractivity contribution in [1.82, 2.24) is 9.55 Å². The smallest absolute Gasteiger partial charge is 0.184 e. The average Bonchev–Trinajstić information content (AvgIpc) is 2.80. The number of hydrogen-bond acceptors (Lipinski definition) is 2. The van der Waals surface area contributed by atoms with Crippen LogP contribution in [0.25, 0.3) is 16.7 Å². The Kier molecular flexibility index (Phi) is 3.35. The van der Waals surface area contributed by atoms with E-state index in [9.17, 15) is 14.0 Å². The lowest BCUT2D eigenvalue weighted by Gasteiger charge is -2.08. The van der Waals surface area contributed by atoms with Crippen molar-refractivity contribution in [2.24, 2.45) is 0 Å².